The summed E-state index contributed by atoms with van der Waals surface area (Å²) in [6.45, 7) is 17.2. The third kappa shape index (κ3) is 8.78. The summed E-state index contributed by atoms with van der Waals surface area (Å²) in [5.74, 6) is 0.763. The van der Waals surface area contributed by atoms with Crippen LogP contribution < -0.4 is 0 Å². The zero-order chi connectivity index (χ0) is 19.7. The molecule has 0 N–H and O–H groups in total. The van der Waals surface area contributed by atoms with E-state index in [9.17, 15) is 0 Å². The van der Waals surface area contributed by atoms with Gasteiger partial charge >= 0.3 is 0 Å². The fourth-order valence-corrected chi connectivity index (χ4v) is 4.55. The molecule has 0 aromatic heterocycles. The second-order valence-electron chi connectivity index (χ2n) is 9.33. The van der Waals surface area contributed by atoms with Crippen molar-refractivity contribution in [3.8, 4) is 0 Å². The van der Waals surface area contributed by atoms with Gasteiger partial charge in [-0.05, 0) is 78.8 Å². The van der Waals surface area contributed by atoms with Crippen LogP contribution in [0, 0.1) is 5.92 Å². The Labute approximate surface area is 167 Å². The molecule has 2 saturated heterocycles. The molecule has 2 rings (SSSR count). The lowest BCUT2D eigenvalue weighted by atomic mass is 9.92. The number of nitrogens with zero attached hydrogens (tertiary/aromatic N) is 2. The van der Waals surface area contributed by atoms with E-state index in [2.05, 4.69) is 37.5 Å². The first-order valence-electron chi connectivity index (χ1n) is 11.1. The van der Waals surface area contributed by atoms with Crippen LogP contribution in [0.4, 0.5) is 0 Å². The second kappa shape index (κ2) is 11.7. The van der Waals surface area contributed by atoms with Gasteiger partial charge in [-0.15, -0.1) is 0 Å². The molecule has 27 heavy (non-hydrogen) atoms. The lowest BCUT2D eigenvalue weighted by Gasteiger charge is -2.32. The van der Waals surface area contributed by atoms with Crippen molar-refractivity contribution >= 4 is 0 Å². The van der Waals surface area contributed by atoms with E-state index < -0.39 is 0 Å². The van der Waals surface area contributed by atoms with Crippen LogP contribution in [0.3, 0.4) is 0 Å². The maximum Gasteiger partial charge on any atom is 0.0630 e. The van der Waals surface area contributed by atoms with E-state index in [0.29, 0.717) is 12.1 Å². The van der Waals surface area contributed by atoms with Gasteiger partial charge in [0.25, 0.3) is 0 Å². The van der Waals surface area contributed by atoms with E-state index in [4.69, 9.17) is 14.2 Å². The molecule has 2 aliphatic heterocycles. The third-order valence-corrected chi connectivity index (χ3v) is 5.97. The number of methoxy groups -OCH3 is 1. The largest absolute Gasteiger partial charge is 0.383 e. The van der Waals surface area contributed by atoms with Gasteiger partial charge in [-0.2, -0.15) is 0 Å². The maximum absolute atomic E-state index is 6.42. The van der Waals surface area contributed by atoms with Gasteiger partial charge in [0.1, 0.15) is 0 Å². The number of rotatable bonds is 13. The smallest absolute Gasteiger partial charge is 0.0630 e. The van der Waals surface area contributed by atoms with Crippen LogP contribution in [-0.2, 0) is 14.2 Å². The molecule has 0 bridgehead atoms. The van der Waals surface area contributed by atoms with Gasteiger partial charge < -0.3 is 19.1 Å². The standard InChI is InChI=1S/C22H44N2O3/c1-19(2)26-14-7-10-23-12-9-20(17-23)16-22(3,4)27-18-21-8-6-11-24(21)13-15-25-5/h19-21H,6-18H2,1-5H3/t20?,21-/m0/s1. The lowest BCUT2D eigenvalue weighted by Crippen LogP contribution is -2.39. The van der Waals surface area contributed by atoms with E-state index in [-0.39, 0.29) is 5.60 Å². The van der Waals surface area contributed by atoms with Gasteiger partial charge in [-0.1, -0.05) is 0 Å². The molecule has 0 spiro atoms. The minimum atomic E-state index is -0.0308. The van der Waals surface area contributed by atoms with Gasteiger partial charge in [0.2, 0.25) is 0 Å². The highest BCUT2D eigenvalue weighted by atomic mass is 16.5. The summed E-state index contributed by atoms with van der Waals surface area (Å²) < 4.78 is 17.3. The number of likely N-dealkylation sites (tertiary alicyclic amines) is 2. The Morgan fingerprint density at radius 2 is 1.89 bits per heavy atom. The van der Waals surface area contributed by atoms with E-state index in [0.717, 1.165) is 45.1 Å². The zero-order valence-electron chi connectivity index (χ0n) is 18.5. The molecule has 2 fully saturated rings. The molecule has 2 aliphatic rings. The van der Waals surface area contributed by atoms with Crippen LogP contribution in [0.1, 0.15) is 59.8 Å². The Balaban J connectivity index is 1.64. The molecule has 2 heterocycles. The molecule has 0 amide bonds. The lowest BCUT2D eigenvalue weighted by molar-refractivity contribution is -0.0548. The van der Waals surface area contributed by atoms with Crippen molar-refractivity contribution in [2.24, 2.45) is 5.92 Å². The fraction of sp³-hybridized carbons (Fsp3) is 1.00. The molecule has 0 aromatic rings. The van der Waals surface area contributed by atoms with Gasteiger partial charge in [-0.25, -0.2) is 0 Å². The minimum Gasteiger partial charge on any atom is -0.383 e. The Morgan fingerprint density at radius 1 is 1.07 bits per heavy atom. The van der Waals surface area contributed by atoms with Gasteiger partial charge in [0.05, 0.1) is 24.9 Å². The topological polar surface area (TPSA) is 34.2 Å². The summed E-state index contributed by atoms with van der Waals surface area (Å²) in [5.41, 5.74) is -0.0308. The first-order valence-corrected chi connectivity index (χ1v) is 11.1. The van der Waals surface area contributed by atoms with Crippen molar-refractivity contribution in [2.45, 2.75) is 77.5 Å². The monoisotopic (exact) mass is 384 g/mol. The highest BCUT2D eigenvalue weighted by Crippen LogP contribution is 2.29. The van der Waals surface area contributed by atoms with Crippen LogP contribution in [0.15, 0.2) is 0 Å². The van der Waals surface area contributed by atoms with Crippen LogP contribution in [-0.4, -0.2) is 87.2 Å². The first kappa shape index (κ1) is 23.1. The number of ether oxygens (including phenoxy) is 3. The normalized spacial score (nSPS) is 25.1. The summed E-state index contributed by atoms with van der Waals surface area (Å²) in [7, 11) is 1.78. The average molecular weight is 385 g/mol. The van der Waals surface area contributed by atoms with E-state index >= 15 is 0 Å². The van der Waals surface area contributed by atoms with Gasteiger partial charge in [0.15, 0.2) is 0 Å². The number of hydrogen-bond donors (Lipinski definition) is 0. The van der Waals surface area contributed by atoms with Crippen molar-refractivity contribution in [1.82, 2.24) is 9.80 Å². The highest BCUT2D eigenvalue weighted by molar-refractivity contribution is 4.84. The summed E-state index contributed by atoms with van der Waals surface area (Å²) in [6.07, 6.45) is 6.51. The van der Waals surface area contributed by atoms with Crippen LogP contribution in [0.25, 0.3) is 0 Å². The maximum atomic E-state index is 6.42. The van der Waals surface area contributed by atoms with Crippen LogP contribution in [0.5, 0.6) is 0 Å². The predicted octanol–water partition coefficient (Wildman–Crippen LogP) is 3.42. The van der Waals surface area contributed by atoms with E-state index in [1.54, 1.807) is 7.11 Å². The van der Waals surface area contributed by atoms with Crippen molar-refractivity contribution in [1.29, 1.82) is 0 Å². The fourth-order valence-electron chi connectivity index (χ4n) is 4.55. The van der Waals surface area contributed by atoms with Crippen molar-refractivity contribution < 1.29 is 14.2 Å². The molecule has 1 unspecified atom stereocenters. The molecule has 0 radical (unpaired) electrons. The molecular weight excluding hydrogens is 340 g/mol. The molecule has 5 nitrogen and oxygen atoms in total. The second-order valence-corrected chi connectivity index (χ2v) is 9.33. The molecule has 0 saturated carbocycles. The first-order chi connectivity index (χ1) is 12.9. The van der Waals surface area contributed by atoms with Crippen LogP contribution >= 0.6 is 0 Å². The summed E-state index contributed by atoms with van der Waals surface area (Å²) in [4.78, 5) is 5.14. The quantitative estimate of drug-likeness (QED) is 0.455. The highest BCUT2D eigenvalue weighted by Gasteiger charge is 2.31. The molecule has 5 heteroatoms. The Hall–Kier alpha value is -0.200. The van der Waals surface area contributed by atoms with Crippen LogP contribution in [0.2, 0.25) is 0 Å². The molecule has 2 atom stereocenters. The van der Waals surface area contributed by atoms with Gasteiger partial charge in [-0.3, -0.25) is 4.90 Å². The third-order valence-electron chi connectivity index (χ3n) is 5.97. The molecule has 0 aliphatic carbocycles. The van der Waals surface area contributed by atoms with Gasteiger partial charge in [0, 0.05) is 39.4 Å². The summed E-state index contributed by atoms with van der Waals surface area (Å²) in [6, 6.07) is 0.570. The zero-order valence-corrected chi connectivity index (χ0v) is 18.5. The summed E-state index contributed by atoms with van der Waals surface area (Å²) >= 11 is 0. The Morgan fingerprint density at radius 3 is 2.63 bits per heavy atom. The SMILES string of the molecule is COCCN1CCC[C@H]1COC(C)(C)CC1CCN(CCCOC(C)C)C1. The molecular formula is C22H44N2O3. The number of hydrogen-bond acceptors (Lipinski definition) is 5. The average Bonchev–Trinajstić information content (AvgIpc) is 3.23. The molecule has 0 aromatic carbocycles. The van der Waals surface area contributed by atoms with E-state index in [1.807, 2.05) is 0 Å². The molecule has 160 valence electrons. The summed E-state index contributed by atoms with van der Waals surface area (Å²) in [5, 5.41) is 0. The Bertz CT molecular complexity index is 403. The predicted molar refractivity (Wildman–Crippen MR) is 111 cm³/mol. The van der Waals surface area contributed by atoms with Crippen molar-refractivity contribution in [2.75, 3.05) is 59.7 Å². The van der Waals surface area contributed by atoms with Crippen molar-refractivity contribution in [3.05, 3.63) is 0 Å². The minimum absolute atomic E-state index is 0.0308. The van der Waals surface area contributed by atoms with Crippen molar-refractivity contribution in [3.63, 3.8) is 0 Å². The van der Waals surface area contributed by atoms with E-state index in [1.165, 1.54) is 45.4 Å². The Kier molecular flexibility index (Phi) is 10.0.